The SMILES string of the molecule is O=C(NC[C@H](NS(=O)(=O)Cc1cccc(C(F)(F)F)c1)C(=O)O)c1cnn(CCc2ccc3c(n2)NCCC3)c1. The van der Waals surface area contributed by atoms with E-state index in [4.69, 9.17) is 0 Å². The van der Waals surface area contributed by atoms with E-state index in [0.29, 0.717) is 19.0 Å². The Balaban J connectivity index is 1.31. The predicted molar refractivity (Wildman–Crippen MR) is 138 cm³/mol. The molecule has 3 aromatic rings. The highest BCUT2D eigenvalue weighted by atomic mass is 32.2. The van der Waals surface area contributed by atoms with Gasteiger partial charge in [-0.25, -0.2) is 13.4 Å². The van der Waals surface area contributed by atoms with Gasteiger partial charge < -0.3 is 15.7 Å². The lowest BCUT2D eigenvalue weighted by atomic mass is 10.1. The first-order valence-corrected chi connectivity index (χ1v) is 14.0. The summed E-state index contributed by atoms with van der Waals surface area (Å²) in [6.45, 7) is 0.709. The summed E-state index contributed by atoms with van der Waals surface area (Å²) >= 11 is 0. The van der Waals surface area contributed by atoms with Gasteiger partial charge in [0, 0.05) is 37.9 Å². The minimum Gasteiger partial charge on any atom is -0.480 e. The number of rotatable bonds is 11. The lowest BCUT2D eigenvalue weighted by Gasteiger charge is -2.17. The minimum absolute atomic E-state index is 0.135. The van der Waals surface area contributed by atoms with Crippen molar-refractivity contribution in [3.8, 4) is 0 Å². The Morgan fingerprint density at radius 1 is 1.20 bits per heavy atom. The Labute approximate surface area is 227 Å². The lowest BCUT2D eigenvalue weighted by molar-refractivity contribution is -0.139. The molecule has 0 saturated heterocycles. The first-order chi connectivity index (χ1) is 18.9. The molecule has 1 aromatic carbocycles. The van der Waals surface area contributed by atoms with Crippen LogP contribution in [0.5, 0.6) is 0 Å². The van der Waals surface area contributed by atoms with Gasteiger partial charge in [-0.3, -0.25) is 14.3 Å². The van der Waals surface area contributed by atoms with Crippen LogP contribution in [0.1, 0.15) is 39.2 Å². The van der Waals surface area contributed by atoms with Crippen LogP contribution in [-0.2, 0) is 46.1 Å². The summed E-state index contributed by atoms with van der Waals surface area (Å²) < 4.78 is 67.1. The molecule has 11 nitrogen and oxygen atoms in total. The standard InChI is InChI=1S/C25H27F3N6O5S/c26-25(27,28)19-5-1-3-16(11-19)15-40(38,39)33-21(24(36)37)13-30-23(35)18-12-31-34(14-18)10-8-20-7-6-17-4-2-9-29-22(17)32-20/h1,3,5-7,11-12,14,21,33H,2,4,8-10,13,15H2,(H,29,32)(H,30,35)(H,36,37)/t21-/m0/s1. The number of nitrogens with zero attached hydrogens (tertiary/aromatic N) is 3. The Kier molecular flexibility index (Phi) is 8.73. The molecule has 1 aliphatic rings. The summed E-state index contributed by atoms with van der Waals surface area (Å²) in [7, 11) is -4.37. The third-order valence-corrected chi connectivity index (χ3v) is 7.50. The molecule has 4 N–H and O–H groups in total. The van der Waals surface area contributed by atoms with E-state index in [0.717, 1.165) is 43.0 Å². The number of hydrogen-bond acceptors (Lipinski definition) is 7. The molecule has 0 bridgehead atoms. The quantitative estimate of drug-likeness (QED) is 0.269. The van der Waals surface area contributed by atoms with Gasteiger partial charge in [-0.05, 0) is 36.1 Å². The molecule has 214 valence electrons. The number of carboxylic acids is 1. The number of carbonyl (C=O) groups excluding carboxylic acids is 1. The third kappa shape index (κ3) is 7.79. The number of sulfonamides is 1. The highest BCUT2D eigenvalue weighted by molar-refractivity contribution is 7.88. The second-order valence-electron chi connectivity index (χ2n) is 9.26. The largest absolute Gasteiger partial charge is 0.480 e. The van der Waals surface area contributed by atoms with Gasteiger partial charge in [0.1, 0.15) is 11.9 Å². The maximum atomic E-state index is 12.9. The fourth-order valence-corrected chi connectivity index (χ4v) is 5.45. The lowest BCUT2D eigenvalue weighted by Crippen LogP contribution is -2.48. The van der Waals surface area contributed by atoms with Crippen LogP contribution in [0.15, 0.2) is 48.8 Å². The molecule has 3 heterocycles. The van der Waals surface area contributed by atoms with Crippen molar-refractivity contribution in [2.75, 3.05) is 18.4 Å². The third-order valence-electron chi connectivity index (χ3n) is 6.14. The molecule has 15 heteroatoms. The number of fused-ring (bicyclic) bond motifs is 1. The van der Waals surface area contributed by atoms with Crippen LogP contribution in [0.25, 0.3) is 0 Å². The summed E-state index contributed by atoms with van der Waals surface area (Å²) in [6, 6.07) is 5.95. The molecular formula is C25H27F3N6O5S. The zero-order valence-electron chi connectivity index (χ0n) is 21.1. The number of hydrogen-bond donors (Lipinski definition) is 4. The Hall–Kier alpha value is -3.98. The summed E-state index contributed by atoms with van der Waals surface area (Å²) in [5, 5.41) is 19.2. The minimum atomic E-state index is -4.66. The molecule has 0 fully saturated rings. The number of anilines is 1. The van der Waals surface area contributed by atoms with Crippen LogP contribution in [0, 0.1) is 0 Å². The Morgan fingerprint density at radius 3 is 2.75 bits per heavy atom. The van der Waals surface area contributed by atoms with E-state index in [1.54, 1.807) is 0 Å². The number of amides is 1. The van der Waals surface area contributed by atoms with Crippen LogP contribution < -0.4 is 15.4 Å². The van der Waals surface area contributed by atoms with Gasteiger partial charge in [0.05, 0.1) is 23.1 Å². The summed E-state index contributed by atoms with van der Waals surface area (Å²) in [5.74, 6) is -2.25. The van der Waals surface area contributed by atoms with Gasteiger partial charge in [-0.2, -0.15) is 23.0 Å². The van der Waals surface area contributed by atoms with Crippen LogP contribution in [0.2, 0.25) is 0 Å². The van der Waals surface area contributed by atoms with Crippen molar-refractivity contribution in [1.29, 1.82) is 0 Å². The molecule has 1 atom stereocenters. The predicted octanol–water partition coefficient (Wildman–Crippen LogP) is 2.20. The van der Waals surface area contributed by atoms with Gasteiger partial charge >= 0.3 is 12.1 Å². The van der Waals surface area contributed by atoms with E-state index in [-0.39, 0.29) is 11.1 Å². The number of alkyl halides is 3. The average molecular weight is 581 g/mol. The van der Waals surface area contributed by atoms with Crippen LogP contribution in [-0.4, -0.2) is 59.3 Å². The summed E-state index contributed by atoms with van der Waals surface area (Å²) in [6.07, 6.45) is 0.708. The fraction of sp³-hybridized carbons (Fsp3) is 0.360. The molecule has 0 unspecified atom stereocenters. The van der Waals surface area contributed by atoms with Crippen LogP contribution >= 0.6 is 0 Å². The van der Waals surface area contributed by atoms with E-state index in [1.165, 1.54) is 28.7 Å². The average Bonchev–Trinajstić information content (AvgIpc) is 3.38. The zero-order chi connectivity index (χ0) is 28.9. The molecule has 0 saturated carbocycles. The van der Waals surface area contributed by atoms with Crippen molar-refractivity contribution in [2.45, 2.75) is 43.8 Å². The number of carboxylic acid groups (broad SMARTS) is 1. The highest BCUT2D eigenvalue weighted by Gasteiger charge is 2.31. The first kappa shape index (κ1) is 29.0. The van der Waals surface area contributed by atoms with Gasteiger partial charge in [0.2, 0.25) is 10.0 Å². The maximum absolute atomic E-state index is 12.9. The van der Waals surface area contributed by atoms with Gasteiger partial charge in [0.15, 0.2) is 0 Å². The van der Waals surface area contributed by atoms with Gasteiger partial charge in [0.25, 0.3) is 5.91 Å². The Morgan fingerprint density at radius 2 is 2.00 bits per heavy atom. The van der Waals surface area contributed by atoms with Crippen molar-refractivity contribution < 1.29 is 36.3 Å². The number of aromatic nitrogens is 3. The zero-order valence-corrected chi connectivity index (χ0v) is 21.9. The number of aryl methyl sites for hydroxylation is 3. The van der Waals surface area contributed by atoms with Crippen molar-refractivity contribution in [2.24, 2.45) is 0 Å². The van der Waals surface area contributed by atoms with Crippen molar-refractivity contribution in [3.63, 3.8) is 0 Å². The topological polar surface area (TPSA) is 155 Å². The second kappa shape index (κ2) is 12.0. The summed E-state index contributed by atoms with van der Waals surface area (Å²) in [5.41, 5.74) is 0.960. The molecule has 0 radical (unpaired) electrons. The normalized spacial score (nSPS) is 14.2. The van der Waals surface area contributed by atoms with E-state index in [1.807, 2.05) is 16.9 Å². The number of pyridine rings is 1. The van der Waals surface area contributed by atoms with E-state index < -0.39 is 52.0 Å². The number of nitrogens with one attached hydrogen (secondary N) is 3. The second-order valence-corrected chi connectivity index (χ2v) is 11.0. The summed E-state index contributed by atoms with van der Waals surface area (Å²) in [4.78, 5) is 28.8. The van der Waals surface area contributed by atoms with E-state index in [9.17, 15) is 36.3 Å². The molecule has 2 aromatic heterocycles. The maximum Gasteiger partial charge on any atom is 0.416 e. The van der Waals surface area contributed by atoms with Crippen molar-refractivity contribution >= 4 is 27.7 Å². The Bertz CT molecular complexity index is 1490. The fourth-order valence-electron chi connectivity index (χ4n) is 4.13. The molecule has 0 aliphatic carbocycles. The molecule has 1 amide bonds. The number of halogens is 3. The molecule has 4 rings (SSSR count). The molecular weight excluding hydrogens is 553 g/mol. The van der Waals surface area contributed by atoms with Crippen LogP contribution in [0.4, 0.5) is 19.0 Å². The molecule has 40 heavy (non-hydrogen) atoms. The monoisotopic (exact) mass is 580 g/mol. The van der Waals surface area contributed by atoms with Crippen molar-refractivity contribution in [1.82, 2.24) is 24.8 Å². The highest BCUT2D eigenvalue weighted by Crippen LogP contribution is 2.29. The van der Waals surface area contributed by atoms with E-state index in [2.05, 4.69) is 20.7 Å². The van der Waals surface area contributed by atoms with E-state index >= 15 is 0 Å². The number of aliphatic carboxylic acids is 1. The first-order valence-electron chi connectivity index (χ1n) is 12.3. The smallest absolute Gasteiger partial charge is 0.416 e. The molecule has 1 aliphatic heterocycles. The van der Waals surface area contributed by atoms with Gasteiger partial charge in [-0.1, -0.05) is 24.3 Å². The van der Waals surface area contributed by atoms with Gasteiger partial charge in [-0.15, -0.1) is 0 Å². The van der Waals surface area contributed by atoms with Crippen molar-refractivity contribution in [3.05, 3.63) is 76.7 Å². The molecule has 0 spiro atoms. The number of carbonyl (C=O) groups is 2. The number of benzene rings is 1. The van der Waals surface area contributed by atoms with Crippen LogP contribution in [0.3, 0.4) is 0 Å².